The molecule has 0 unspecified atom stereocenters. The Morgan fingerprint density at radius 2 is 1.50 bits per heavy atom. The Morgan fingerprint density at radius 1 is 0.850 bits per heavy atom. The molecule has 0 aliphatic carbocycles. The number of benzene rings is 4. The van der Waals surface area contributed by atoms with E-state index in [0.29, 0.717) is 51.6 Å². The average molecular weight is 599 g/mol. The van der Waals surface area contributed by atoms with Crippen LogP contribution in [0.3, 0.4) is 0 Å². The lowest BCUT2D eigenvalue weighted by Crippen LogP contribution is -2.18. The Bertz CT molecular complexity index is 1590. The summed E-state index contributed by atoms with van der Waals surface area (Å²) in [5.41, 5.74) is 4.72. The van der Waals surface area contributed by atoms with Gasteiger partial charge in [-0.2, -0.15) is 5.10 Å². The molecule has 0 aliphatic rings. The zero-order valence-corrected chi connectivity index (χ0v) is 23.6. The van der Waals surface area contributed by atoms with Crippen molar-refractivity contribution in [3.63, 3.8) is 0 Å². The molecule has 4 aromatic carbocycles. The highest BCUT2D eigenvalue weighted by atomic mass is 35.5. The molecular weight excluding hydrogens is 573 g/mol. The van der Waals surface area contributed by atoms with E-state index in [2.05, 4.69) is 15.2 Å². The molecule has 0 bridgehead atoms. The first-order valence-corrected chi connectivity index (χ1v) is 14.3. The molecule has 1 amide bonds. The molecule has 0 spiro atoms. The van der Waals surface area contributed by atoms with Gasteiger partial charge in [0.05, 0.1) is 17.7 Å². The smallest absolute Gasteiger partial charge is 0.271 e. The number of hydrogen-bond acceptors (Lipinski definition) is 6. The number of carbonyl (C=O) groups is 1. The van der Waals surface area contributed by atoms with Crippen LogP contribution >= 0.6 is 23.2 Å². The maximum Gasteiger partial charge on any atom is 0.271 e. The Labute approximate surface area is 242 Å². The number of nitrogens with one attached hydrogen (secondary N) is 2. The number of sulfonamides is 1. The van der Waals surface area contributed by atoms with Gasteiger partial charge in [-0.1, -0.05) is 35.3 Å². The summed E-state index contributed by atoms with van der Waals surface area (Å²) >= 11 is 11.8. The van der Waals surface area contributed by atoms with Gasteiger partial charge < -0.3 is 9.47 Å². The number of hydrogen-bond donors (Lipinski definition) is 2. The van der Waals surface area contributed by atoms with Crippen LogP contribution < -0.4 is 19.6 Å². The molecule has 4 rings (SSSR count). The number of rotatable bonds is 11. The molecule has 0 atom stereocenters. The second-order valence-electron chi connectivity index (χ2n) is 8.39. The predicted octanol–water partition coefficient (Wildman–Crippen LogP) is 6.54. The van der Waals surface area contributed by atoms with Gasteiger partial charge in [0.2, 0.25) is 0 Å². The molecule has 0 radical (unpaired) electrons. The van der Waals surface area contributed by atoms with E-state index in [1.807, 2.05) is 19.1 Å². The molecule has 0 aliphatic heterocycles. The molecular formula is C29H25Cl2N3O5S. The van der Waals surface area contributed by atoms with E-state index in [0.717, 1.165) is 5.56 Å². The molecule has 0 saturated carbocycles. The van der Waals surface area contributed by atoms with Crippen molar-refractivity contribution in [2.24, 2.45) is 5.10 Å². The molecule has 206 valence electrons. The Hall–Kier alpha value is -4.05. The van der Waals surface area contributed by atoms with E-state index in [4.69, 9.17) is 32.7 Å². The van der Waals surface area contributed by atoms with Crippen LogP contribution in [-0.2, 0) is 16.6 Å². The summed E-state index contributed by atoms with van der Waals surface area (Å²) in [4.78, 5) is 12.6. The monoisotopic (exact) mass is 597 g/mol. The predicted molar refractivity (Wildman–Crippen MR) is 157 cm³/mol. The highest BCUT2D eigenvalue weighted by Gasteiger charge is 2.14. The normalized spacial score (nSPS) is 11.3. The highest BCUT2D eigenvalue weighted by Crippen LogP contribution is 2.29. The maximum absolute atomic E-state index is 12.5. The molecule has 0 heterocycles. The molecule has 0 aromatic heterocycles. The van der Waals surface area contributed by atoms with E-state index >= 15 is 0 Å². The van der Waals surface area contributed by atoms with Crippen LogP contribution in [0.4, 0.5) is 5.69 Å². The van der Waals surface area contributed by atoms with Crippen molar-refractivity contribution in [2.75, 3.05) is 11.3 Å². The maximum atomic E-state index is 12.5. The summed E-state index contributed by atoms with van der Waals surface area (Å²) in [6.07, 6.45) is 1.48. The van der Waals surface area contributed by atoms with Gasteiger partial charge in [-0.25, -0.2) is 13.8 Å². The van der Waals surface area contributed by atoms with Gasteiger partial charge in [-0.05, 0) is 96.9 Å². The number of ether oxygens (including phenoxy) is 2. The lowest BCUT2D eigenvalue weighted by molar-refractivity contribution is 0.0955. The van der Waals surface area contributed by atoms with Crippen LogP contribution in [-0.4, -0.2) is 27.1 Å². The molecule has 11 heteroatoms. The number of anilines is 1. The molecule has 8 nitrogen and oxygen atoms in total. The molecule has 0 fully saturated rings. The fourth-order valence-corrected chi connectivity index (χ4v) is 4.79. The van der Waals surface area contributed by atoms with Crippen LogP contribution in [0, 0.1) is 0 Å². The van der Waals surface area contributed by atoms with Gasteiger partial charge in [0.15, 0.2) is 11.5 Å². The first-order chi connectivity index (χ1) is 19.2. The summed E-state index contributed by atoms with van der Waals surface area (Å²) in [7, 11) is -3.80. The quantitative estimate of drug-likeness (QED) is 0.151. The first kappa shape index (κ1) is 28.9. The summed E-state index contributed by atoms with van der Waals surface area (Å²) in [5.74, 6) is 0.657. The van der Waals surface area contributed by atoms with E-state index < -0.39 is 15.9 Å². The van der Waals surface area contributed by atoms with Crippen molar-refractivity contribution in [3.8, 4) is 11.5 Å². The molecule has 2 N–H and O–H groups in total. The topological polar surface area (TPSA) is 106 Å². The molecule has 40 heavy (non-hydrogen) atoms. The van der Waals surface area contributed by atoms with Crippen LogP contribution in [0.25, 0.3) is 0 Å². The number of halogens is 2. The van der Waals surface area contributed by atoms with Crippen molar-refractivity contribution in [3.05, 3.63) is 118 Å². The summed E-state index contributed by atoms with van der Waals surface area (Å²) in [5, 5.41) is 5.11. The third kappa shape index (κ3) is 7.98. The van der Waals surface area contributed by atoms with Gasteiger partial charge in [0.25, 0.3) is 15.9 Å². The zero-order valence-electron chi connectivity index (χ0n) is 21.3. The molecule has 4 aromatic rings. The summed E-state index contributed by atoms with van der Waals surface area (Å²) < 4.78 is 39.2. The largest absolute Gasteiger partial charge is 0.490 e. The first-order valence-electron chi connectivity index (χ1n) is 12.1. The Morgan fingerprint density at radius 3 is 2.15 bits per heavy atom. The fourth-order valence-electron chi connectivity index (χ4n) is 3.48. The van der Waals surface area contributed by atoms with Gasteiger partial charge in [-0.15, -0.1) is 0 Å². The standard InChI is InChI=1S/C29H25Cl2N3O5S/c1-2-38-28-17-21(5-16-27(28)39-19-20-3-8-23(30)9-4-20)18-32-33-29(35)22-6-12-25(13-7-22)34-40(36,37)26-14-10-24(31)11-15-26/h3-18,34H,2,19H2,1H3,(H,33,35)/b32-18-. The lowest BCUT2D eigenvalue weighted by atomic mass is 10.2. The summed E-state index contributed by atoms with van der Waals surface area (Å²) in [6.45, 7) is 2.67. The minimum Gasteiger partial charge on any atom is -0.490 e. The SMILES string of the molecule is CCOc1cc(/C=N\NC(=O)c2ccc(NS(=O)(=O)c3ccc(Cl)cc3)cc2)ccc1OCc1ccc(Cl)cc1. The Kier molecular flexibility index (Phi) is 9.65. The average Bonchev–Trinajstić information content (AvgIpc) is 2.94. The van der Waals surface area contributed by atoms with Crippen LogP contribution in [0.15, 0.2) is 101 Å². The third-order valence-corrected chi connectivity index (χ3v) is 7.38. The Balaban J connectivity index is 1.35. The van der Waals surface area contributed by atoms with Crippen LogP contribution in [0.1, 0.15) is 28.4 Å². The van der Waals surface area contributed by atoms with Gasteiger partial charge >= 0.3 is 0 Å². The minimum absolute atomic E-state index is 0.0710. The number of carbonyl (C=O) groups excluding carboxylic acids is 1. The van der Waals surface area contributed by atoms with Crippen molar-refractivity contribution < 1.29 is 22.7 Å². The number of hydrazone groups is 1. The lowest BCUT2D eigenvalue weighted by Gasteiger charge is -2.12. The second kappa shape index (κ2) is 13.3. The third-order valence-electron chi connectivity index (χ3n) is 5.48. The van der Waals surface area contributed by atoms with Crippen molar-refractivity contribution in [2.45, 2.75) is 18.4 Å². The van der Waals surface area contributed by atoms with Gasteiger partial charge in [0.1, 0.15) is 6.61 Å². The minimum atomic E-state index is -3.80. The van der Waals surface area contributed by atoms with E-state index in [9.17, 15) is 13.2 Å². The second-order valence-corrected chi connectivity index (χ2v) is 10.9. The number of nitrogens with zero attached hydrogens (tertiary/aromatic N) is 1. The van der Waals surface area contributed by atoms with E-state index in [1.54, 1.807) is 30.3 Å². The van der Waals surface area contributed by atoms with Crippen molar-refractivity contribution in [1.29, 1.82) is 0 Å². The van der Waals surface area contributed by atoms with Crippen LogP contribution in [0.5, 0.6) is 11.5 Å². The fraction of sp³-hybridized carbons (Fsp3) is 0.103. The van der Waals surface area contributed by atoms with E-state index in [-0.39, 0.29) is 4.90 Å². The van der Waals surface area contributed by atoms with Gasteiger partial charge in [0, 0.05) is 21.3 Å². The van der Waals surface area contributed by atoms with Gasteiger partial charge in [-0.3, -0.25) is 9.52 Å². The van der Waals surface area contributed by atoms with E-state index in [1.165, 1.54) is 54.7 Å². The van der Waals surface area contributed by atoms with Crippen LogP contribution in [0.2, 0.25) is 10.0 Å². The number of amides is 1. The van der Waals surface area contributed by atoms with Crippen molar-refractivity contribution in [1.82, 2.24) is 5.43 Å². The zero-order chi connectivity index (χ0) is 28.5. The summed E-state index contributed by atoms with van der Waals surface area (Å²) in [6, 6.07) is 24.5. The molecule has 0 saturated heterocycles. The highest BCUT2D eigenvalue weighted by molar-refractivity contribution is 7.92. The van der Waals surface area contributed by atoms with Crippen molar-refractivity contribution >= 4 is 51.0 Å².